The molecule has 0 spiro atoms. The Morgan fingerprint density at radius 3 is 2.88 bits per heavy atom. The average Bonchev–Trinajstić information content (AvgIpc) is 2.23. The van der Waals surface area contributed by atoms with Gasteiger partial charge in [-0.1, -0.05) is 20.3 Å². The third-order valence-electron chi connectivity index (χ3n) is 2.55. The minimum absolute atomic E-state index is 0.269. The lowest BCUT2D eigenvalue weighted by molar-refractivity contribution is 0.0895. The zero-order chi connectivity index (χ0) is 12.0. The highest BCUT2D eigenvalue weighted by Gasteiger charge is 2.04. The highest BCUT2D eigenvalue weighted by Crippen LogP contribution is 2.15. The van der Waals surface area contributed by atoms with Crippen LogP contribution in [-0.2, 0) is 11.3 Å². The first-order valence-corrected chi connectivity index (χ1v) is 5.75. The van der Waals surface area contributed by atoms with Crippen LogP contribution in [0, 0.1) is 11.7 Å². The molecule has 3 heteroatoms. The van der Waals surface area contributed by atoms with Gasteiger partial charge in [0, 0.05) is 17.9 Å². The standard InChI is InChI=1S/C13H20FNO/c1-3-4-10(2)8-16-9-11-7-12(14)5-6-13(11)15/h5-7,10H,3-4,8-9,15H2,1-2H3. The molecule has 1 aromatic carbocycles. The van der Waals surface area contributed by atoms with E-state index < -0.39 is 0 Å². The number of benzene rings is 1. The third-order valence-corrected chi connectivity index (χ3v) is 2.55. The second kappa shape index (κ2) is 6.48. The van der Waals surface area contributed by atoms with Crippen LogP contribution in [0.4, 0.5) is 10.1 Å². The van der Waals surface area contributed by atoms with E-state index in [1.807, 2.05) is 0 Å². The van der Waals surface area contributed by atoms with Crippen molar-refractivity contribution in [2.75, 3.05) is 12.3 Å². The molecule has 0 saturated carbocycles. The van der Waals surface area contributed by atoms with E-state index in [0.29, 0.717) is 24.8 Å². The van der Waals surface area contributed by atoms with Crippen molar-refractivity contribution in [2.45, 2.75) is 33.3 Å². The molecule has 0 heterocycles. The van der Waals surface area contributed by atoms with Gasteiger partial charge in [0.15, 0.2) is 0 Å². The van der Waals surface area contributed by atoms with Crippen molar-refractivity contribution in [1.29, 1.82) is 0 Å². The number of rotatable bonds is 6. The van der Waals surface area contributed by atoms with Gasteiger partial charge in [-0.25, -0.2) is 4.39 Å². The van der Waals surface area contributed by atoms with Crippen LogP contribution in [-0.4, -0.2) is 6.61 Å². The second-order valence-electron chi connectivity index (χ2n) is 4.25. The Balaban J connectivity index is 2.39. The van der Waals surface area contributed by atoms with E-state index >= 15 is 0 Å². The summed E-state index contributed by atoms with van der Waals surface area (Å²) in [6, 6.07) is 4.36. The van der Waals surface area contributed by atoms with Gasteiger partial charge in [0.05, 0.1) is 6.61 Å². The smallest absolute Gasteiger partial charge is 0.123 e. The summed E-state index contributed by atoms with van der Waals surface area (Å²) in [6.45, 7) is 5.39. The molecule has 90 valence electrons. The van der Waals surface area contributed by atoms with Crippen LogP contribution in [0.2, 0.25) is 0 Å². The fourth-order valence-electron chi connectivity index (χ4n) is 1.65. The number of ether oxygens (including phenoxy) is 1. The molecule has 2 nitrogen and oxygen atoms in total. The molecule has 16 heavy (non-hydrogen) atoms. The summed E-state index contributed by atoms with van der Waals surface area (Å²) in [6.07, 6.45) is 2.31. The number of hydrogen-bond donors (Lipinski definition) is 1. The molecule has 1 rings (SSSR count). The van der Waals surface area contributed by atoms with Gasteiger partial charge in [-0.15, -0.1) is 0 Å². The van der Waals surface area contributed by atoms with Gasteiger partial charge < -0.3 is 10.5 Å². The van der Waals surface area contributed by atoms with E-state index in [4.69, 9.17) is 10.5 Å². The van der Waals surface area contributed by atoms with Gasteiger partial charge >= 0.3 is 0 Å². The van der Waals surface area contributed by atoms with Crippen LogP contribution < -0.4 is 5.73 Å². The fraction of sp³-hybridized carbons (Fsp3) is 0.538. The predicted molar refractivity (Wildman–Crippen MR) is 64.5 cm³/mol. The first-order valence-electron chi connectivity index (χ1n) is 5.75. The molecule has 0 aliphatic carbocycles. The number of hydrogen-bond acceptors (Lipinski definition) is 2. The maximum atomic E-state index is 12.9. The molecule has 2 N–H and O–H groups in total. The largest absolute Gasteiger partial charge is 0.398 e. The first-order chi connectivity index (χ1) is 7.63. The zero-order valence-corrected chi connectivity index (χ0v) is 10.0. The van der Waals surface area contributed by atoms with Gasteiger partial charge in [0.1, 0.15) is 5.82 Å². The molecule has 0 amide bonds. The fourth-order valence-corrected chi connectivity index (χ4v) is 1.65. The summed E-state index contributed by atoms with van der Waals surface area (Å²) in [5, 5.41) is 0. The van der Waals surface area contributed by atoms with E-state index in [1.54, 1.807) is 6.07 Å². The summed E-state index contributed by atoms with van der Waals surface area (Å²) in [7, 11) is 0. The monoisotopic (exact) mass is 225 g/mol. The van der Waals surface area contributed by atoms with Crippen LogP contribution in [0.5, 0.6) is 0 Å². The Morgan fingerprint density at radius 1 is 1.44 bits per heavy atom. The molecule has 0 saturated heterocycles. The minimum atomic E-state index is -0.269. The maximum Gasteiger partial charge on any atom is 0.123 e. The highest BCUT2D eigenvalue weighted by molar-refractivity contribution is 5.46. The number of anilines is 1. The van der Waals surface area contributed by atoms with Crippen molar-refractivity contribution < 1.29 is 9.13 Å². The molecule has 1 atom stereocenters. The summed E-state index contributed by atoms with van der Waals surface area (Å²) < 4.78 is 18.5. The first kappa shape index (κ1) is 13.0. The molecule has 1 unspecified atom stereocenters. The average molecular weight is 225 g/mol. The summed E-state index contributed by atoms with van der Waals surface area (Å²) in [5.74, 6) is 0.272. The molecule has 0 aliphatic heterocycles. The topological polar surface area (TPSA) is 35.2 Å². The lowest BCUT2D eigenvalue weighted by atomic mass is 10.1. The molecular formula is C13H20FNO. The van der Waals surface area contributed by atoms with Gasteiger partial charge in [-0.3, -0.25) is 0 Å². The lowest BCUT2D eigenvalue weighted by Gasteiger charge is -2.11. The Labute approximate surface area is 96.6 Å². The van der Waals surface area contributed by atoms with Crippen LogP contribution >= 0.6 is 0 Å². The number of halogens is 1. The third kappa shape index (κ3) is 4.19. The van der Waals surface area contributed by atoms with Crippen LogP contribution in [0.25, 0.3) is 0 Å². The van der Waals surface area contributed by atoms with Gasteiger partial charge in [0.25, 0.3) is 0 Å². The molecule has 0 aromatic heterocycles. The highest BCUT2D eigenvalue weighted by atomic mass is 19.1. The summed E-state index contributed by atoms with van der Waals surface area (Å²) in [4.78, 5) is 0. The Bertz CT molecular complexity index is 328. The molecule has 0 bridgehead atoms. The Morgan fingerprint density at radius 2 is 2.19 bits per heavy atom. The maximum absolute atomic E-state index is 12.9. The van der Waals surface area contributed by atoms with Crippen molar-refractivity contribution in [3.63, 3.8) is 0 Å². The van der Waals surface area contributed by atoms with Gasteiger partial charge in [0.2, 0.25) is 0 Å². The Kier molecular flexibility index (Phi) is 5.26. The molecule has 1 aromatic rings. The SMILES string of the molecule is CCCC(C)COCc1cc(F)ccc1N. The van der Waals surface area contributed by atoms with Crippen molar-refractivity contribution in [2.24, 2.45) is 5.92 Å². The van der Waals surface area contributed by atoms with Crippen molar-refractivity contribution in [3.8, 4) is 0 Å². The van der Waals surface area contributed by atoms with E-state index in [1.165, 1.54) is 12.1 Å². The number of nitrogen functional groups attached to an aromatic ring is 1. The van der Waals surface area contributed by atoms with Crippen molar-refractivity contribution in [1.82, 2.24) is 0 Å². The quantitative estimate of drug-likeness (QED) is 0.753. The predicted octanol–water partition coefficient (Wildman–Crippen LogP) is 3.36. The second-order valence-corrected chi connectivity index (χ2v) is 4.25. The van der Waals surface area contributed by atoms with Crippen LogP contribution in [0.3, 0.4) is 0 Å². The van der Waals surface area contributed by atoms with Gasteiger partial charge in [-0.05, 0) is 30.5 Å². The normalized spacial score (nSPS) is 12.7. The van der Waals surface area contributed by atoms with Crippen molar-refractivity contribution in [3.05, 3.63) is 29.6 Å². The van der Waals surface area contributed by atoms with E-state index in [9.17, 15) is 4.39 Å². The number of nitrogens with two attached hydrogens (primary N) is 1. The molecule has 0 fully saturated rings. The summed E-state index contributed by atoms with van der Waals surface area (Å²) >= 11 is 0. The van der Waals surface area contributed by atoms with E-state index in [-0.39, 0.29) is 5.82 Å². The Hall–Kier alpha value is -1.09. The molecule has 0 aliphatic rings. The van der Waals surface area contributed by atoms with Crippen molar-refractivity contribution >= 4 is 5.69 Å². The van der Waals surface area contributed by atoms with Crippen LogP contribution in [0.1, 0.15) is 32.3 Å². The minimum Gasteiger partial charge on any atom is -0.398 e. The summed E-state index contributed by atoms with van der Waals surface area (Å²) in [5.41, 5.74) is 7.03. The van der Waals surface area contributed by atoms with Crippen LogP contribution in [0.15, 0.2) is 18.2 Å². The van der Waals surface area contributed by atoms with E-state index in [2.05, 4.69) is 13.8 Å². The zero-order valence-electron chi connectivity index (χ0n) is 10.0. The van der Waals surface area contributed by atoms with E-state index in [0.717, 1.165) is 18.4 Å². The lowest BCUT2D eigenvalue weighted by Crippen LogP contribution is -2.06. The van der Waals surface area contributed by atoms with Gasteiger partial charge in [-0.2, -0.15) is 0 Å². The molecular weight excluding hydrogens is 205 g/mol. The molecule has 0 radical (unpaired) electrons.